The van der Waals surface area contributed by atoms with Crippen LogP contribution < -0.4 is 10.6 Å². The predicted octanol–water partition coefficient (Wildman–Crippen LogP) is 4.47. The van der Waals surface area contributed by atoms with Gasteiger partial charge in [-0.25, -0.2) is 9.97 Å². The van der Waals surface area contributed by atoms with Crippen molar-refractivity contribution in [2.75, 3.05) is 17.2 Å². The van der Waals surface area contributed by atoms with Crippen LogP contribution >= 0.6 is 34.2 Å². The molecule has 0 aliphatic rings. The zero-order chi connectivity index (χ0) is 14.5. The van der Waals surface area contributed by atoms with E-state index in [9.17, 15) is 0 Å². The molecule has 0 amide bonds. The largest absolute Gasteiger partial charge is 0.370 e. The first-order valence-electron chi connectivity index (χ1n) is 6.45. The number of nitrogens with one attached hydrogen (secondary N) is 2. The molecule has 0 radical (unpaired) electrons. The molecule has 0 aliphatic heterocycles. The van der Waals surface area contributed by atoms with Crippen LogP contribution in [-0.4, -0.2) is 16.5 Å². The second kappa shape index (κ2) is 7.08. The summed E-state index contributed by atoms with van der Waals surface area (Å²) in [5, 5.41) is 7.23. The normalized spacial score (nSPS) is 10.4. The van der Waals surface area contributed by atoms with E-state index < -0.39 is 0 Å². The third-order valence-electron chi connectivity index (χ3n) is 2.83. The number of halogens is 2. The summed E-state index contributed by atoms with van der Waals surface area (Å²) in [7, 11) is 0. The molecule has 4 nitrogen and oxygen atoms in total. The molecule has 0 saturated carbocycles. The lowest BCUT2D eigenvalue weighted by Gasteiger charge is -2.14. The van der Waals surface area contributed by atoms with E-state index in [1.54, 1.807) is 6.33 Å². The molecular weight excluding hydrogens is 387 g/mol. The molecule has 1 heterocycles. The van der Waals surface area contributed by atoms with Gasteiger partial charge in [-0.2, -0.15) is 0 Å². The Morgan fingerprint density at radius 2 is 1.95 bits per heavy atom. The van der Waals surface area contributed by atoms with Crippen LogP contribution in [0.2, 0.25) is 5.02 Å². The summed E-state index contributed by atoms with van der Waals surface area (Å²) >= 11 is 8.49. The molecule has 2 N–H and O–H groups in total. The van der Waals surface area contributed by atoms with Crippen LogP contribution in [0.5, 0.6) is 0 Å². The van der Waals surface area contributed by atoms with Crippen LogP contribution in [-0.2, 0) is 6.42 Å². The number of nitrogens with zero attached hydrogens (tertiary/aromatic N) is 2. The molecule has 0 saturated heterocycles. The maximum Gasteiger partial charge on any atom is 0.139 e. The van der Waals surface area contributed by atoms with E-state index in [1.165, 1.54) is 0 Å². The number of hydrogen-bond donors (Lipinski definition) is 2. The minimum Gasteiger partial charge on any atom is -0.370 e. The molecule has 106 valence electrons. The minimum absolute atomic E-state index is 0.683. The number of aromatic nitrogens is 2. The number of hydrogen-bond acceptors (Lipinski definition) is 4. The highest BCUT2D eigenvalue weighted by Gasteiger charge is 2.10. The van der Waals surface area contributed by atoms with Gasteiger partial charge in [0.05, 0.1) is 10.7 Å². The van der Waals surface area contributed by atoms with E-state index in [1.807, 2.05) is 25.1 Å². The smallest absolute Gasteiger partial charge is 0.139 e. The monoisotopic (exact) mass is 402 g/mol. The fraction of sp³-hybridized carbons (Fsp3) is 0.286. The van der Waals surface area contributed by atoms with Gasteiger partial charge in [-0.05, 0) is 54.1 Å². The Bertz CT molecular complexity index is 604. The van der Waals surface area contributed by atoms with E-state index in [-0.39, 0.29) is 0 Å². The van der Waals surface area contributed by atoms with Gasteiger partial charge in [-0.1, -0.05) is 18.5 Å². The van der Waals surface area contributed by atoms with E-state index in [4.69, 9.17) is 11.6 Å². The van der Waals surface area contributed by atoms with E-state index in [0.717, 1.165) is 39.4 Å². The van der Waals surface area contributed by atoms with E-state index in [2.05, 4.69) is 50.1 Å². The second-order valence-electron chi connectivity index (χ2n) is 4.18. The first-order valence-corrected chi connectivity index (χ1v) is 7.91. The second-order valence-corrected chi connectivity index (χ2v) is 5.84. The molecular formula is C14H16ClIN4. The van der Waals surface area contributed by atoms with Gasteiger partial charge in [0.1, 0.15) is 18.0 Å². The maximum absolute atomic E-state index is 6.25. The van der Waals surface area contributed by atoms with Crippen molar-refractivity contribution in [2.24, 2.45) is 0 Å². The summed E-state index contributed by atoms with van der Waals surface area (Å²) in [5.41, 5.74) is 1.91. The van der Waals surface area contributed by atoms with Crippen LogP contribution in [0.15, 0.2) is 24.5 Å². The molecule has 0 spiro atoms. The molecule has 1 aromatic carbocycles. The third kappa shape index (κ3) is 3.52. The SMILES string of the molecule is CCNc1ncnc(Nc2ccc(I)cc2Cl)c1CC. The minimum atomic E-state index is 0.683. The van der Waals surface area contributed by atoms with Crippen LogP contribution in [0.25, 0.3) is 0 Å². The topological polar surface area (TPSA) is 49.8 Å². The predicted molar refractivity (Wildman–Crippen MR) is 93.0 cm³/mol. The lowest BCUT2D eigenvalue weighted by molar-refractivity contribution is 1.03. The molecule has 0 bridgehead atoms. The Morgan fingerprint density at radius 3 is 2.60 bits per heavy atom. The lowest BCUT2D eigenvalue weighted by Crippen LogP contribution is -2.07. The van der Waals surface area contributed by atoms with Crippen molar-refractivity contribution in [1.82, 2.24) is 9.97 Å². The van der Waals surface area contributed by atoms with Crippen molar-refractivity contribution in [3.8, 4) is 0 Å². The molecule has 0 aliphatic carbocycles. The highest BCUT2D eigenvalue weighted by Crippen LogP contribution is 2.29. The Balaban J connectivity index is 2.35. The van der Waals surface area contributed by atoms with Crippen LogP contribution in [0, 0.1) is 3.57 Å². The van der Waals surface area contributed by atoms with Gasteiger partial charge in [0.25, 0.3) is 0 Å². The summed E-state index contributed by atoms with van der Waals surface area (Å²) < 4.78 is 1.10. The van der Waals surface area contributed by atoms with Gasteiger partial charge in [-0.15, -0.1) is 0 Å². The Labute approximate surface area is 137 Å². The van der Waals surface area contributed by atoms with Crippen molar-refractivity contribution in [3.05, 3.63) is 38.7 Å². The first-order chi connectivity index (χ1) is 9.65. The highest BCUT2D eigenvalue weighted by atomic mass is 127. The van der Waals surface area contributed by atoms with Crippen LogP contribution in [0.1, 0.15) is 19.4 Å². The summed E-state index contributed by atoms with van der Waals surface area (Å²) in [6.07, 6.45) is 2.40. The Morgan fingerprint density at radius 1 is 1.20 bits per heavy atom. The zero-order valence-electron chi connectivity index (χ0n) is 11.4. The molecule has 0 unspecified atom stereocenters. The fourth-order valence-electron chi connectivity index (χ4n) is 1.89. The average molecular weight is 403 g/mol. The van der Waals surface area contributed by atoms with Crippen molar-refractivity contribution in [2.45, 2.75) is 20.3 Å². The van der Waals surface area contributed by atoms with Gasteiger partial charge < -0.3 is 10.6 Å². The molecule has 2 aromatic rings. The third-order valence-corrected chi connectivity index (χ3v) is 3.81. The molecule has 2 rings (SSSR count). The lowest BCUT2D eigenvalue weighted by atomic mass is 10.2. The number of anilines is 3. The van der Waals surface area contributed by atoms with Crippen molar-refractivity contribution in [1.29, 1.82) is 0 Å². The summed E-state index contributed by atoms with van der Waals surface area (Å²) in [6, 6.07) is 5.88. The van der Waals surface area contributed by atoms with Crippen LogP contribution in [0.4, 0.5) is 17.3 Å². The standard InChI is InChI=1S/C14H16ClIN4/c1-3-10-13(17-4-2)18-8-19-14(10)20-12-6-5-9(16)7-11(12)15/h5-8H,3-4H2,1-2H3,(H2,17,18,19,20). The number of rotatable bonds is 5. The van der Waals surface area contributed by atoms with Crippen molar-refractivity contribution in [3.63, 3.8) is 0 Å². The van der Waals surface area contributed by atoms with Crippen molar-refractivity contribution >= 4 is 51.5 Å². The highest BCUT2D eigenvalue weighted by molar-refractivity contribution is 14.1. The van der Waals surface area contributed by atoms with E-state index >= 15 is 0 Å². The van der Waals surface area contributed by atoms with Crippen molar-refractivity contribution < 1.29 is 0 Å². The Kier molecular flexibility index (Phi) is 5.42. The first kappa shape index (κ1) is 15.3. The van der Waals surface area contributed by atoms with Gasteiger partial charge in [0.15, 0.2) is 0 Å². The summed E-state index contributed by atoms with van der Waals surface area (Å²) in [6.45, 7) is 4.96. The van der Waals surface area contributed by atoms with E-state index in [0.29, 0.717) is 5.02 Å². The average Bonchev–Trinajstić information content (AvgIpc) is 2.42. The number of benzene rings is 1. The molecule has 1 aromatic heterocycles. The summed E-state index contributed by atoms with van der Waals surface area (Å²) in [5.74, 6) is 1.66. The molecule has 20 heavy (non-hydrogen) atoms. The quantitative estimate of drug-likeness (QED) is 0.724. The molecule has 0 atom stereocenters. The van der Waals surface area contributed by atoms with Crippen LogP contribution in [0.3, 0.4) is 0 Å². The van der Waals surface area contributed by atoms with Gasteiger partial charge in [0, 0.05) is 15.7 Å². The fourth-order valence-corrected chi connectivity index (χ4v) is 2.80. The maximum atomic E-state index is 6.25. The molecule has 0 fully saturated rings. The zero-order valence-corrected chi connectivity index (χ0v) is 14.3. The van der Waals surface area contributed by atoms with Gasteiger partial charge in [0.2, 0.25) is 0 Å². The van der Waals surface area contributed by atoms with Gasteiger partial charge >= 0.3 is 0 Å². The molecule has 6 heteroatoms. The van der Waals surface area contributed by atoms with Gasteiger partial charge in [-0.3, -0.25) is 0 Å². The Hall–Kier alpha value is -1.08. The summed E-state index contributed by atoms with van der Waals surface area (Å²) in [4.78, 5) is 8.61.